The maximum absolute atomic E-state index is 12.2. The Labute approximate surface area is 208 Å². The van der Waals surface area contributed by atoms with Crippen LogP contribution in [0.1, 0.15) is 17.1 Å². The van der Waals surface area contributed by atoms with E-state index in [1.807, 2.05) is 56.2 Å². The largest absolute Gasteiger partial charge is 0.464 e. The predicted molar refractivity (Wildman–Crippen MR) is 143 cm³/mol. The molecule has 0 fully saturated rings. The van der Waals surface area contributed by atoms with E-state index in [0.29, 0.717) is 5.65 Å². The normalized spacial score (nSPS) is 11.7. The first kappa shape index (κ1) is 23.4. The minimum Gasteiger partial charge on any atom is -0.464 e. The summed E-state index contributed by atoms with van der Waals surface area (Å²) in [5, 5.41) is 11.3. The first-order valence-corrected chi connectivity index (χ1v) is 12.8. The van der Waals surface area contributed by atoms with Gasteiger partial charge in [0.1, 0.15) is 11.5 Å². The van der Waals surface area contributed by atoms with Crippen LogP contribution in [0, 0.1) is 0 Å². The lowest BCUT2D eigenvalue weighted by atomic mass is 10.00. The van der Waals surface area contributed by atoms with Gasteiger partial charge in [0.25, 0.3) is 0 Å². The summed E-state index contributed by atoms with van der Waals surface area (Å²) in [4.78, 5) is 14.3. The number of aromatic amines is 1. The van der Waals surface area contributed by atoms with Gasteiger partial charge in [-0.2, -0.15) is 16.9 Å². The van der Waals surface area contributed by atoms with Crippen LogP contribution >= 0.6 is 11.8 Å². The fourth-order valence-corrected chi connectivity index (χ4v) is 5.02. The molecule has 3 aromatic heterocycles. The first-order valence-electron chi connectivity index (χ1n) is 11.7. The summed E-state index contributed by atoms with van der Waals surface area (Å²) in [6.07, 6.45) is 0. The van der Waals surface area contributed by atoms with E-state index >= 15 is 0 Å². The van der Waals surface area contributed by atoms with E-state index in [1.165, 1.54) is 5.56 Å². The highest BCUT2D eigenvalue weighted by Gasteiger charge is 2.11. The molecule has 5 aromatic rings. The molecule has 0 aliphatic heterocycles. The average molecular weight is 488 g/mol. The number of H-pyrrole nitrogens is 1. The molecule has 8 heteroatoms. The van der Waals surface area contributed by atoms with Crippen molar-refractivity contribution in [2.45, 2.75) is 18.8 Å². The van der Waals surface area contributed by atoms with Crippen LogP contribution in [0.3, 0.4) is 0 Å². The topological polar surface area (TPSA) is 78.6 Å². The van der Waals surface area contributed by atoms with E-state index in [4.69, 9.17) is 4.42 Å². The standard InChI is InChI=1S/C27H29N5O2S/c1-31(2)17-21-11-12-22(34-21)18-35-14-13-28-16-19-7-9-20(10-8-19)24-15-26-29-30-27(33)32(26)25-6-4-3-5-23(24)25/h3-12,15,28H,13-14,16-18H2,1-2H3,(H,30,33). The summed E-state index contributed by atoms with van der Waals surface area (Å²) in [7, 11) is 4.09. The van der Waals surface area contributed by atoms with Crippen LogP contribution in [0.15, 0.2) is 75.9 Å². The number of nitrogens with one attached hydrogen (secondary N) is 2. The number of benzene rings is 2. The van der Waals surface area contributed by atoms with Gasteiger partial charge in [0, 0.05) is 24.2 Å². The first-order chi connectivity index (χ1) is 17.1. The molecule has 0 radical (unpaired) electrons. The summed E-state index contributed by atoms with van der Waals surface area (Å²) >= 11 is 1.87. The number of fused-ring (bicyclic) bond motifs is 3. The molecule has 3 heterocycles. The van der Waals surface area contributed by atoms with Crippen molar-refractivity contribution >= 4 is 28.3 Å². The van der Waals surface area contributed by atoms with Crippen molar-refractivity contribution in [3.05, 3.63) is 94.3 Å². The highest BCUT2D eigenvalue weighted by Crippen LogP contribution is 2.29. The van der Waals surface area contributed by atoms with Crippen molar-refractivity contribution in [1.29, 1.82) is 0 Å². The molecule has 35 heavy (non-hydrogen) atoms. The zero-order valence-electron chi connectivity index (χ0n) is 20.0. The number of thioether (sulfide) groups is 1. The fraction of sp³-hybridized carbons (Fsp3) is 0.259. The number of pyridine rings is 1. The van der Waals surface area contributed by atoms with E-state index in [9.17, 15) is 4.79 Å². The number of rotatable bonds is 10. The molecule has 0 saturated carbocycles. The van der Waals surface area contributed by atoms with Gasteiger partial charge in [-0.3, -0.25) is 0 Å². The van der Waals surface area contributed by atoms with Gasteiger partial charge in [-0.05, 0) is 55.1 Å². The van der Waals surface area contributed by atoms with Crippen molar-refractivity contribution in [1.82, 2.24) is 24.8 Å². The van der Waals surface area contributed by atoms with Crippen LogP contribution in [0.2, 0.25) is 0 Å². The number of hydrogen-bond donors (Lipinski definition) is 2. The number of aromatic nitrogens is 3. The molecular formula is C27H29N5O2S. The Kier molecular flexibility index (Phi) is 7.03. The monoisotopic (exact) mass is 487 g/mol. The zero-order valence-corrected chi connectivity index (χ0v) is 20.8. The number of furan rings is 1. The lowest BCUT2D eigenvalue weighted by Crippen LogP contribution is -2.16. The van der Waals surface area contributed by atoms with Gasteiger partial charge in [0.2, 0.25) is 0 Å². The summed E-state index contributed by atoms with van der Waals surface area (Å²) in [5.74, 6) is 3.97. The molecule has 5 rings (SSSR count). The third kappa shape index (κ3) is 5.35. The molecule has 2 aromatic carbocycles. The van der Waals surface area contributed by atoms with Gasteiger partial charge < -0.3 is 14.6 Å². The number of hydrogen-bond acceptors (Lipinski definition) is 6. The zero-order chi connectivity index (χ0) is 24.2. The second kappa shape index (κ2) is 10.5. The number of nitrogens with zero attached hydrogens (tertiary/aromatic N) is 3. The van der Waals surface area contributed by atoms with Crippen molar-refractivity contribution in [2.24, 2.45) is 0 Å². The predicted octanol–water partition coefficient (Wildman–Crippen LogP) is 4.52. The molecule has 0 atom stereocenters. The van der Waals surface area contributed by atoms with Crippen LogP contribution < -0.4 is 11.0 Å². The van der Waals surface area contributed by atoms with E-state index in [1.54, 1.807) is 4.40 Å². The highest BCUT2D eigenvalue weighted by molar-refractivity contribution is 7.98. The average Bonchev–Trinajstić information content (AvgIpc) is 3.47. The Morgan fingerprint density at radius 2 is 1.86 bits per heavy atom. The SMILES string of the molecule is CN(C)Cc1ccc(CSCCNCc2ccc(-c3cc4n[nH]c(=O)n4c4ccccc34)cc2)o1. The van der Waals surface area contributed by atoms with E-state index < -0.39 is 0 Å². The van der Waals surface area contributed by atoms with E-state index in [-0.39, 0.29) is 5.69 Å². The second-order valence-electron chi connectivity index (χ2n) is 8.83. The third-order valence-electron chi connectivity index (χ3n) is 5.86. The molecule has 0 unspecified atom stereocenters. The third-order valence-corrected chi connectivity index (χ3v) is 6.84. The van der Waals surface area contributed by atoms with Crippen molar-refractivity contribution in [3.63, 3.8) is 0 Å². The Morgan fingerprint density at radius 3 is 2.69 bits per heavy atom. The molecule has 0 aliphatic rings. The molecule has 2 N–H and O–H groups in total. The van der Waals surface area contributed by atoms with Gasteiger partial charge >= 0.3 is 5.69 Å². The Bertz CT molecular complexity index is 1480. The Hall–Kier alpha value is -3.33. The maximum atomic E-state index is 12.2. The molecular weight excluding hydrogens is 458 g/mol. The lowest BCUT2D eigenvalue weighted by Gasteiger charge is -2.10. The van der Waals surface area contributed by atoms with Crippen molar-refractivity contribution in [3.8, 4) is 11.1 Å². The van der Waals surface area contributed by atoms with E-state index in [0.717, 1.165) is 64.7 Å². The van der Waals surface area contributed by atoms with Crippen LogP contribution in [0.25, 0.3) is 27.7 Å². The smallest absolute Gasteiger partial charge is 0.348 e. The second-order valence-corrected chi connectivity index (χ2v) is 9.93. The van der Waals surface area contributed by atoms with Crippen molar-refractivity contribution < 1.29 is 4.42 Å². The summed E-state index contributed by atoms with van der Waals surface area (Å²) in [5.41, 5.74) is 4.65. The highest BCUT2D eigenvalue weighted by atomic mass is 32.2. The minimum atomic E-state index is -0.222. The lowest BCUT2D eigenvalue weighted by molar-refractivity contribution is 0.344. The molecule has 0 spiro atoms. The quantitative estimate of drug-likeness (QED) is 0.282. The van der Waals surface area contributed by atoms with Crippen LogP contribution in [0.4, 0.5) is 0 Å². The minimum absolute atomic E-state index is 0.222. The Morgan fingerprint density at radius 1 is 1.06 bits per heavy atom. The molecule has 7 nitrogen and oxygen atoms in total. The number of para-hydroxylation sites is 1. The Balaban J connectivity index is 1.16. The van der Waals surface area contributed by atoms with Gasteiger partial charge in [0.05, 0.1) is 17.8 Å². The molecule has 0 bridgehead atoms. The van der Waals surface area contributed by atoms with E-state index in [2.05, 4.69) is 56.8 Å². The van der Waals surface area contributed by atoms with Crippen molar-refractivity contribution in [2.75, 3.05) is 26.4 Å². The van der Waals surface area contributed by atoms with Crippen LogP contribution in [-0.4, -0.2) is 45.9 Å². The van der Waals surface area contributed by atoms with Crippen LogP contribution in [-0.2, 0) is 18.8 Å². The van der Waals surface area contributed by atoms with Gasteiger partial charge in [0.15, 0.2) is 5.65 Å². The molecule has 0 saturated heterocycles. The summed E-state index contributed by atoms with van der Waals surface area (Å²) in [6, 6.07) is 22.6. The molecule has 0 aliphatic carbocycles. The molecule has 0 amide bonds. The van der Waals surface area contributed by atoms with Gasteiger partial charge in [-0.15, -0.1) is 0 Å². The molecule has 180 valence electrons. The van der Waals surface area contributed by atoms with Gasteiger partial charge in [-0.1, -0.05) is 42.5 Å². The maximum Gasteiger partial charge on any atom is 0.348 e. The van der Waals surface area contributed by atoms with Gasteiger partial charge in [-0.25, -0.2) is 14.3 Å². The fourth-order valence-electron chi connectivity index (χ4n) is 4.23. The summed E-state index contributed by atoms with van der Waals surface area (Å²) in [6.45, 7) is 2.59. The van der Waals surface area contributed by atoms with Crippen LogP contribution in [0.5, 0.6) is 0 Å². The summed E-state index contributed by atoms with van der Waals surface area (Å²) < 4.78 is 7.48.